The van der Waals surface area contributed by atoms with Crippen LogP contribution in [0.4, 0.5) is 5.82 Å². The number of aromatic nitrogens is 3. The zero-order valence-electron chi connectivity index (χ0n) is 21.6. The number of piperidine rings is 1. The normalized spacial score (nSPS) is 14.1. The first-order valence-corrected chi connectivity index (χ1v) is 12.8. The standard InChI is InChI=1S/C29H33N5O3/c1-4-37-25-9-5-21(6-10-25)19-30-29(35)23-13-15-33(16-14-23)28-17-20(2)31-27-18-26(32-34(27)28)22-7-11-24(36-3)12-8-22/h5-12,17-18,23H,4,13-16,19H2,1-3H3,(H,30,35). The fourth-order valence-corrected chi connectivity index (χ4v) is 4.78. The average molecular weight is 500 g/mol. The van der Waals surface area contributed by atoms with Crippen LogP contribution in [0.5, 0.6) is 11.5 Å². The molecule has 1 aliphatic rings. The van der Waals surface area contributed by atoms with Crippen molar-refractivity contribution in [3.63, 3.8) is 0 Å². The lowest BCUT2D eigenvalue weighted by Gasteiger charge is -2.33. The van der Waals surface area contributed by atoms with Crippen molar-refractivity contribution in [3.05, 3.63) is 71.9 Å². The second-order valence-corrected chi connectivity index (χ2v) is 9.34. The number of ether oxygens (including phenoxy) is 2. The van der Waals surface area contributed by atoms with Gasteiger partial charge in [-0.05, 0) is 68.7 Å². The highest BCUT2D eigenvalue weighted by atomic mass is 16.5. The third-order valence-electron chi connectivity index (χ3n) is 6.81. The minimum atomic E-state index is 0.00449. The van der Waals surface area contributed by atoms with Crippen molar-refractivity contribution in [2.45, 2.75) is 33.2 Å². The molecular weight excluding hydrogens is 466 g/mol. The Kier molecular flexibility index (Phi) is 7.25. The summed E-state index contributed by atoms with van der Waals surface area (Å²) in [5.41, 5.74) is 4.70. The predicted octanol–water partition coefficient (Wildman–Crippen LogP) is 4.64. The topological polar surface area (TPSA) is 81.0 Å². The highest BCUT2D eigenvalue weighted by Crippen LogP contribution is 2.28. The number of hydrogen-bond donors (Lipinski definition) is 1. The smallest absolute Gasteiger partial charge is 0.223 e. The van der Waals surface area contributed by atoms with Gasteiger partial charge in [0.1, 0.15) is 17.3 Å². The Morgan fingerprint density at radius 1 is 1.03 bits per heavy atom. The van der Waals surface area contributed by atoms with Crippen LogP contribution in [-0.2, 0) is 11.3 Å². The van der Waals surface area contributed by atoms with Gasteiger partial charge in [0.2, 0.25) is 5.91 Å². The van der Waals surface area contributed by atoms with Crippen LogP contribution in [0.25, 0.3) is 16.9 Å². The van der Waals surface area contributed by atoms with Crippen LogP contribution in [-0.4, -0.2) is 47.3 Å². The molecule has 2 aromatic heterocycles. The fourth-order valence-electron chi connectivity index (χ4n) is 4.78. The van der Waals surface area contributed by atoms with Crippen LogP contribution >= 0.6 is 0 Å². The molecule has 4 aromatic rings. The average Bonchev–Trinajstić information content (AvgIpc) is 3.36. The third kappa shape index (κ3) is 5.53. The van der Waals surface area contributed by atoms with Gasteiger partial charge in [0.25, 0.3) is 0 Å². The molecule has 192 valence electrons. The Bertz CT molecular complexity index is 1360. The van der Waals surface area contributed by atoms with Crippen LogP contribution in [0.2, 0.25) is 0 Å². The van der Waals surface area contributed by atoms with E-state index in [0.29, 0.717) is 13.2 Å². The number of benzene rings is 2. The molecule has 3 heterocycles. The quantitative estimate of drug-likeness (QED) is 0.380. The van der Waals surface area contributed by atoms with Crippen molar-refractivity contribution in [2.75, 3.05) is 31.7 Å². The van der Waals surface area contributed by atoms with Crippen molar-refractivity contribution in [3.8, 4) is 22.8 Å². The third-order valence-corrected chi connectivity index (χ3v) is 6.81. The molecule has 0 bridgehead atoms. The summed E-state index contributed by atoms with van der Waals surface area (Å²) in [7, 11) is 1.66. The van der Waals surface area contributed by atoms with E-state index in [1.54, 1.807) is 7.11 Å². The van der Waals surface area contributed by atoms with E-state index in [-0.39, 0.29) is 11.8 Å². The minimum Gasteiger partial charge on any atom is -0.497 e. The maximum absolute atomic E-state index is 12.9. The molecule has 8 heteroatoms. The van der Waals surface area contributed by atoms with Gasteiger partial charge in [-0.3, -0.25) is 4.79 Å². The molecule has 0 spiro atoms. The number of fused-ring (bicyclic) bond motifs is 1. The van der Waals surface area contributed by atoms with Gasteiger partial charge >= 0.3 is 0 Å². The van der Waals surface area contributed by atoms with Gasteiger partial charge in [-0.25, -0.2) is 4.98 Å². The summed E-state index contributed by atoms with van der Waals surface area (Å²) >= 11 is 0. The van der Waals surface area contributed by atoms with Crippen LogP contribution < -0.4 is 19.7 Å². The molecule has 0 radical (unpaired) electrons. The van der Waals surface area contributed by atoms with Gasteiger partial charge in [0.05, 0.1) is 19.4 Å². The van der Waals surface area contributed by atoms with Crippen molar-refractivity contribution in [1.82, 2.24) is 19.9 Å². The van der Waals surface area contributed by atoms with Gasteiger partial charge in [0.15, 0.2) is 5.65 Å². The fraction of sp³-hybridized carbons (Fsp3) is 0.345. The van der Waals surface area contributed by atoms with Gasteiger partial charge in [-0.2, -0.15) is 9.61 Å². The number of rotatable bonds is 8. The first-order chi connectivity index (χ1) is 18.0. The Balaban J connectivity index is 1.23. The lowest BCUT2D eigenvalue weighted by Crippen LogP contribution is -2.41. The Morgan fingerprint density at radius 3 is 2.41 bits per heavy atom. The molecule has 1 N–H and O–H groups in total. The number of carbonyl (C=O) groups is 1. The molecule has 1 amide bonds. The lowest BCUT2D eigenvalue weighted by molar-refractivity contribution is -0.125. The molecule has 1 fully saturated rings. The van der Waals surface area contributed by atoms with Gasteiger partial charge < -0.3 is 19.7 Å². The molecular formula is C29H33N5O3. The van der Waals surface area contributed by atoms with E-state index in [1.807, 2.05) is 73.0 Å². The number of methoxy groups -OCH3 is 1. The highest BCUT2D eigenvalue weighted by molar-refractivity contribution is 5.79. The van der Waals surface area contributed by atoms with E-state index < -0.39 is 0 Å². The summed E-state index contributed by atoms with van der Waals surface area (Å²) in [6, 6.07) is 19.8. The molecule has 1 aliphatic heterocycles. The van der Waals surface area contributed by atoms with E-state index in [4.69, 9.17) is 19.6 Å². The minimum absolute atomic E-state index is 0.00449. The van der Waals surface area contributed by atoms with E-state index in [2.05, 4.69) is 16.3 Å². The first kappa shape index (κ1) is 24.6. The molecule has 0 atom stereocenters. The van der Waals surface area contributed by atoms with Crippen molar-refractivity contribution in [1.29, 1.82) is 0 Å². The number of aryl methyl sites for hydroxylation is 1. The summed E-state index contributed by atoms with van der Waals surface area (Å²) in [6.45, 7) is 6.72. The van der Waals surface area contributed by atoms with Crippen molar-refractivity contribution < 1.29 is 14.3 Å². The molecule has 0 aliphatic carbocycles. The molecule has 0 unspecified atom stereocenters. The maximum Gasteiger partial charge on any atom is 0.223 e. The molecule has 37 heavy (non-hydrogen) atoms. The largest absolute Gasteiger partial charge is 0.497 e. The van der Waals surface area contributed by atoms with Crippen LogP contribution in [0.3, 0.4) is 0 Å². The maximum atomic E-state index is 12.9. The zero-order valence-corrected chi connectivity index (χ0v) is 21.6. The summed E-state index contributed by atoms with van der Waals surface area (Å²) in [5, 5.41) is 7.98. The van der Waals surface area contributed by atoms with E-state index in [0.717, 1.165) is 71.4 Å². The molecule has 1 saturated heterocycles. The van der Waals surface area contributed by atoms with E-state index in [9.17, 15) is 4.79 Å². The first-order valence-electron chi connectivity index (χ1n) is 12.8. The van der Waals surface area contributed by atoms with E-state index in [1.165, 1.54) is 0 Å². The monoisotopic (exact) mass is 499 g/mol. The lowest BCUT2D eigenvalue weighted by atomic mass is 9.95. The van der Waals surface area contributed by atoms with Crippen molar-refractivity contribution in [2.24, 2.45) is 5.92 Å². The van der Waals surface area contributed by atoms with Crippen LogP contribution in [0.15, 0.2) is 60.7 Å². The molecule has 2 aromatic carbocycles. The zero-order chi connectivity index (χ0) is 25.8. The SMILES string of the molecule is CCOc1ccc(CNC(=O)C2CCN(c3cc(C)nc4cc(-c5ccc(OC)cc5)nn34)CC2)cc1. The summed E-state index contributed by atoms with van der Waals surface area (Å²) in [4.78, 5) is 19.9. The number of anilines is 1. The predicted molar refractivity (Wildman–Crippen MR) is 144 cm³/mol. The Morgan fingerprint density at radius 2 is 1.73 bits per heavy atom. The van der Waals surface area contributed by atoms with Crippen molar-refractivity contribution >= 4 is 17.4 Å². The van der Waals surface area contributed by atoms with Gasteiger partial charge in [-0.1, -0.05) is 12.1 Å². The van der Waals surface area contributed by atoms with Gasteiger partial charge in [-0.15, -0.1) is 0 Å². The number of nitrogens with zero attached hydrogens (tertiary/aromatic N) is 4. The number of nitrogens with one attached hydrogen (secondary N) is 1. The number of amides is 1. The number of hydrogen-bond acceptors (Lipinski definition) is 6. The Hall–Kier alpha value is -4.07. The van der Waals surface area contributed by atoms with Crippen LogP contribution in [0.1, 0.15) is 31.0 Å². The Labute approximate surface area is 217 Å². The van der Waals surface area contributed by atoms with Gasteiger partial charge in [0, 0.05) is 48.9 Å². The molecule has 5 rings (SSSR count). The second-order valence-electron chi connectivity index (χ2n) is 9.34. The van der Waals surface area contributed by atoms with E-state index >= 15 is 0 Å². The highest BCUT2D eigenvalue weighted by Gasteiger charge is 2.26. The summed E-state index contributed by atoms with van der Waals surface area (Å²) in [5.74, 6) is 2.79. The summed E-state index contributed by atoms with van der Waals surface area (Å²) in [6.07, 6.45) is 1.59. The molecule has 8 nitrogen and oxygen atoms in total. The molecule has 0 saturated carbocycles. The summed E-state index contributed by atoms with van der Waals surface area (Å²) < 4.78 is 12.7. The number of carbonyl (C=O) groups excluding carboxylic acids is 1. The second kappa shape index (κ2) is 10.9. The van der Waals surface area contributed by atoms with Crippen LogP contribution in [0, 0.1) is 12.8 Å².